The average Bonchev–Trinajstić information content (AvgIpc) is 2.96. The average molecular weight is 515 g/mol. The van der Waals surface area contributed by atoms with E-state index in [0.717, 1.165) is 48.7 Å². The highest BCUT2D eigenvalue weighted by Crippen LogP contribution is 2.34. The van der Waals surface area contributed by atoms with Gasteiger partial charge in [-0.3, -0.25) is 0 Å². The van der Waals surface area contributed by atoms with Gasteiger partial charge in [-0.15, -0.1) is 0 Å². The molecule has 6 nitrogen and oxygen atoms in total. The van der Waals surface area contributed by atoms with Gasteiger partial charge in [0.25, 0.3) is 0 Å². The van der Waals surface area contributed by atoms with E-state index in [0.29, 0.717) is 28.0 Å². The molecule has 3 aromatic rings. The monoisotopic (exact) mass is 514 g/mol. The number of allylic oxidation sites excluding steroid dienone is 4. The van der Waals surface area contributed by atoms with E-state index < -0.39 is 0 Å². The number of aromatic nitrogens is 1. The Labute approximate surface area is 223 Å². The second-order valence-corrected chi connectivity index (χ2v) is 8.73. The van der Waals surface area contributed by atoms with Crippen LogP contribution in [-0.4, -0.2) is 44.7 Å². The number of rotatable bonds is 10. The van der Waals surface area contributed by atoms with Crippen molar-refractivity contribution in [2.24, 2.45) is 4.99 Å². The zero-order valence-corrected chi connectivity index (χ0v) is 21.7. The zero-order valence-electron chi connectivity index (χ0n) is 21.0. The number of nitrogens with zero attached hydrogens (tertiary/aromatic N) is 3. The molecule has 0 amide bonds. The van der Waals surface area contributed by atoms with Crippen LogP contribution in [0.3, 0.4) is 0 Å². The third-order valence-electron chi connectivity index (χ3n) is 6.03. The molecular weight excluding hydrogens is 484 g/mol. The minimum absolute atomic E-state index is 0.198. The topological polar surface area (TPSA) is 59.0 Å². The van der Waals surface area contributed by atoms with Crippen LogP contribution in [0.25, 0.3) is 16.8 Å². The molecule has 1 aromatic heterocycles. The summed E-state index contributed by atoms with van der Waals surface area (Å²) in [7, 11) is 0. The third-order valence-corrected chi connectivity index (χ3v) is 6.32. The van der Waals surface area contributed by atoms with Gasteiger partial charge in [0.2, 0.25) is 0 Å². The van der Waals surface area contributed by atoms with Gasteiger partial charge in [-0.1, -0.05) is 66.7 Å². The summed E-state index contributed by atoms with van der Waals surface area (Å²) in [6.07, 6.45) is 5.66. The Morgan fingerprint density at radius 1 is 1.16 bits per heavy atom. The molecular formula is C30H31ClN4O2. The van der Waals surface area contributed by atoms with Crippen molar-refractivity contribution in [3.63, 3.8) is 0 Å². The highest BCUT2D eigenvalue weighted by Gasteiger charge is 2.14. The number of benzene rings is 2. The summed E-state index contributed by atoms with van der Waals surface area (Å²) in [5, 5.41) is 3.73. The molecule has 1 aliphatic rings. The van der Waals surface area contributed by atoms with Gasteiger partial charge in [0.1, 0.15) is 5.76 Å². The molecule has 0 radical (unpaired) electrons. The van der Waals surface area contributed by atoms with Crippen molar-refractivity contribution in [3.8, 4) is 11.3 Å². The van der Waals surface area contributed by atoms with Gasteiger partial charge in [-0.2, -0.15) is 0 Å². The van der Waals surface area contributed by atoms with Gasteiger partial charge < -0.3 is 19.7 Å². The lowest BCUT2D eigenvalue weighted by molar-refractivity contribution is 0.122. The second-order valence-electron chi connectivity index (χ2n) is 8.32. The standard InChI is InChI=1S/C30H31ClN4O2/c1-4-22(23-9-7-6-8-10-23)19-26(5-2)37-21-33-28-20-27(31)29(34-30(28)32-3)24-11-13-25(14-12-24)35-15-17-36-18-16-35/h4-14,19-20,33H,1,3,15-18,21H2,2H3/b22-19+,26-5+. The van der Waals surface area contributed by atoms with E-state index in [4.69, 9.17) is 21.1 Å². The molecule has 0 spiro atoms. The molecule has 4 rings (SSSR count). The Morgan fingerprint density at radius 3 is 2.54 bits per heavy atom. The molecule has 0 aliphatic carbocycles. The lowest BCUT2D eigenvalue weighted by Gasteiger charge is -2.28. The van der Waals surface area contributed by atoms with Crippen molar-refractivity contribution < 1.29 is 9.47 Å². The number of pyridine rings is 1. The molecule has 0 atom stereocenters. The first-order chi connectivity index (χ1) is 18.1. The van der Waals surface area contributed by atoms with Crippen LogP contribution >= 0.6 is 11.6 Å². The minimum Gasteiger partial charge on any atom is -0.474 e. The van der Waals surface area contributed by atoms with E-state index in [1.807, 2.05) is 67.6 Å². The van der Waals surface area contributed by atoms with Crippen molar-refractivity contribution in [3.05, 3.63) is 102 Å². The smallest absolute Gasteiger partial charge is 0.175 e. The maximum absolute atomic E-state index is 6.64. The highest BCUT2D eigenvalue weighted by atomic mass is 35.5. The lowest BCUT2D eigenvalue weighted by atomic mass is 10.1. The van der Waals surface area contributed by atoms with E-state index in [-0.39, 0.29) is 6.73 Å². The summed E-state index contributed by atoms with van der Waals surface area (Å²) >= 11 is 6.64. The van der Waals surface area contributed by atoms with Gasteiger partial charge in [0.05, 0.1) is 29.6 Å². The summed E-state index contributed by atoms with van der Waals surface area (Å²) in [5.41, 5.74) is 5.39. The van der Waals surface area contributed by atoms with Crippen LogP contribution in [-0.2, 0) is 9.47 Å². The van der Waals surface area contributed by atoms with Crippen LogP contribution in [0, 0.1) is 0 Å². The summed E-state index contributed by atoms with van der Waals surface area (Å²) in [6, 6.07) is 20.1. The minimum atomic E-state index is 0.198. The number of hydrogen-bond donors (Lipinski definition) is 1. The Bertz CT molecular complexity index is 1280. The van der Waals surface area contributed by atoms with Crippen LogP contribution in [0.5, 0.6) is 0 Å². The molecule has 190 valence electrons. The van der Waals surface area contributed by atoms with Crippen LogP contribution in [0.2, 0.25) is 5.02 Å². The predicted octanol–water partition coefficient (Wildman–Crippen LogP) is 7.13. The quantitative estimate of drug-likeness (QED) is 0.135. The predicted molar refractivity (Wildman–Crippen MR) is 155 cm³/mol. The van der Waals surface area contributed by atoms with Crippen molar-refractivity contribution in [1.82, 2.24) is 4.98 Å². The molecule has 2 heterocycles. The Balaban J connectivity index is 1.45. The summed E-state index contributed by atoms with van der Waals surface area (Å²) in [6.45, 7) is 13.0. The van der Waals surface area contributed by atoms with Gasteiger partial charge in [-0.25, -0.2) is 9.98 Å². The van der Waals surface area contributed by atoms with E-state index in [9.17, 15) is 0 Å². The van der Waals surface area contributed by atoms with Crippen LogP contribution < -0.4 is 10.2 Å². The van der Waals surface area contributed by atoms with E-state index in [1.54, 1.807) is 6.07 Å². The molecule has 1 aliphatic heterocycles. The molecule has 1 fully saturated rings. The van der Waals surface area contributed by atoms with Gasteiger partial charge >= 0.3 is 0 Å². The summed E-state index contributed by atoms with van der Waals surface area (Å²) < 4.78 is 11.4. The number of anilines is 2. The van der Waals surface area contributed by atoms with E-state index in [1.165, 1.54) is 0 Å². The fraction of sp³-hybridized carbons (Fsp3) is 0.200. The van der Waals surface area contributed by atoms with Gasteiger partial charge in [0, 0.05) is 24.3 Å². The molecule has 2 aromatic carbocycles. The van der Waals surface area contributed by atoms with Gasteiger partial charge in [-0.05, 0) is 55.1 Å². The maximum atomic E-state index is 6.64. The Morgan fingerprint density at radius 2 is 1.89 bits per heavy atom. The van der Waals surface area contributed by atoms with Crippen LogP contribution in [0.4, 0.5) is 17.2 Å². The molecule has 7 heteroatoms. The Hall–Kier alpha value is -3.87. The van der Waals surface area contributed by atoms with E-state index in [2.05, 4.69) is 45.6 Å². The van der Waals surface area contributed by atoms with Crippen molar-refractivity contribution >= 4 is 41.1 Å². The second kappa shape index (κ2) is 12.9. The first-order valence-electron chi connectivity index (χ1n) is 12.2. The first kappa shape index (κ1) is 26.2. The SMILES string of the molecule is C=C/C(=C\C(=C/C)OCNc1cc(Cl)c(-c2ccc(N3CCOCC3)cc2)nc1N=C)c1ccccc1. The number of morpholine rings is 1. The van der Waals surface area contributed by atoms with Crippen molar-refractivity contribution in [2.45, 2.75) is 6.92 Å². The van der Waals surface area contributed by atoms with Crippen molar-refractivity contribution in [1.29, 1.82) is 0 Å². The number of aliphatic imine (C=N–C) groups is 1. The van der Waals surface area contributed by atoms with Crippen molar-refractivity contribution in [2.75, 3.05) is 43.3 Å². The maximum Gasteiger partial charge on any atom is 0.175 e. The number of hydrogen-bond acceptors (Lipinski definition) is 6. The number of nitrogens with one attached hydrogen (secondary N) is 1. The normalized spacial score (nSPS) is 14.3. The summed E-state index contributed by atoms with van der Waals surface area (Å²) in [5.74, 6) is 1.16. The first-order valence-corrected chi connectivity index (χ1v) is 12.5. The fourth-order valence-electron chi connectivity index (χ4n) is 4.03. The number of halogens is 1. The molecule has 0 bridgehead atoms. The van der Waals surface area contributed by atoms with Crippen LogP contribution in [0.1, 0.15) is 12.5 Å². The van der Waals surface area contributed by atoms with E-state index >= 15 is 0 Å². The van der Waals surface area contributed by atoms with Crippen LogP contribution in [0.15, 0.2) is 96.2 Å². The molecule has 1 saturated heterocycles. The summed E-state index contributed by atoms with van der Waals surface area (Å²) in [4.78, 5) is 11.1. The third kappa shape index (κ3) is 6.67. The zero-order chi connectivity index (χ0) is 26.0. The molecule has 37 heavy (non-hydrogen) atoms. The number of ether oxygens (including phenoxy) is 2. The molecule has 0 saturated carbocycles. The largest absolute Gasteiger partial charge is 0.474 e. The van der Waals surface area contributed by atoms with Gasteiger partial charge in [0.15, 0.2) is 12.5 Å². The lowest BCUT2D eigenvalue weighted by Crippen LogP contribution is -2.36. The molecule has 1 N–H and O–H groups in total. The molecule has 0 unspecified atom stereocenters. The fourth-order valence-corrected chi connectivity index (χ4v) is 4.29. The Kier molecular flexibility index (Phi) is 9.13. The highest BCUT2D eigenvalue weighted by molar-refractivity contribution is 6.33.